The van der Waals surface area contributed by atoms with Gasteiger partial charge in [-0.3, -0.25) is 9.48 Å². The van der Waals surface area contributed by atoms with Gasteiger partial charge < -0.3 is 5.32 Å². The normalized spacial score (nSPS) is 14.1. The lowest BCUT2D eigenvalue weighted by molar-refractivity contribution is -0.120. The van der Waals surface area contributed by atoms with Gasteiger partial charge in [0.25, 0.3) is 0 Å². The van der Waals surface area contributed by atoms with Crippen LogP contribution in [0.4, 0.5) is 0 Å². The van der Waals surface area contributed by atoms with E-state index in [2.05, 4.69) is 48.5 Å². The summed E-state index contributed by atoms with van der Waals surface area (Å²) in [6.45, 7) is 6.88. The molecule has 0 atom stereocenters. The molecule has 1 aromatic carbocycles. The quantitative estimate of drug-likeness (QED) is 0.922. The average Bonchev–Trinajstić information content (AvgIpc) is 3.23. The number of carbonyl (C=O) groups is 1. The number of nitrogens with zero attached hydrogens (tertiary/aromatic N) is 2. The highest BCUT2D eigenvalue weighted by Gasteiger charge is 2.24. The molecule has 0 aliphatic heterocycles. The van der Waals surface area contributed by atoms with Crippen molar-refractivity contribution in [1.82, 2.24) is 15.1 Å². The van der Waals surface area contributed by atoms with Gasteiger partial charge in [-0.25, -0.2) is 0 Å². The van der Waals surface area contributed by atoms with Crippen LogP contribution in [-0.4, -0.2) is 21.7 Å². The van der Waals surface area contributed by atoms with Crippen LogP contribution >= 0.6 is 0 Å². The number of hydrogen-bond acceptors (Lipinski definition) is 2. The smallest absolute Gasteiger partial charge is 0.224 e. The molecule has 116 valence electrons. The van der Waals surface area contributed by atoms with E-state index in [1.54, 1.807) is 0 Å². The van der Waals surface area contributed by atoms with Crippen molar-refractivity contribution in [3.05, 3.63) is 52.3 Å². The van der Waals surface area contributed by atoms with Crippen LogP contribution in [0.2, 0.25) is 0 Å². The molecule has 22 heavy (non-hydrogen) atoms. The van der Waals surface area contributed by atoms with E-state index >= 15 is 0 Å². The SMILES string of the molecule is Cc1cccc(Cn2nc(C)c(CC(=O)NC3CC3)c2C)c1. The predicted octanol–water partition coefficient (Wildman–Crippen LogP) is 2.68. The summed E-state index contributed by atoms with van der Waals surface area (Å²) in [6, 6.07) is 8.87. The largest absolute Gasteiger partial charge is 0.353 e. The zero-order chi connectivity index (χ0) is 15.7. The zero-order valence-corrected chi connectivity index (χ0v) is 13.5. The molecule has 2 aromatic rings. The van der Waals surface area contributed by atoms with Gasteiger partial charge in [0.1, 0.15) is 0 Å². The average molecular weight is 297 g/mol. The standard InChI is InChI=1S/C18H23N3O/c1-12-5-4-6-15(9-12)11-21-14(3)17(13(2)20-21)10-18(22)19-16-7-8-16/h4-6,9,16H,7-8,10-11H2,1-3H3,(H,19,22). The molecule has 1 aliphatic carbocycles. The third-order valence-electron chi connectivity index (χ3n) is 4.23. The van der Waals surface area contributed by atoms with Crippen LogP contribution < -0.4 is 5.32 Å². The summed E-state index contributed by atoms with van der Waals surface area (Å²) in [7, 11) is 0. The lowest BCUT2D eigenvalue weighted by atomic mass is 10.1. The van der Waals surface area contributed by atoms with Gasteiger partial charge >= 0.3 is 0 Å². The number of hydrogen-bond donors (Lipinski definition) is 1. The number of rotatable bonds is 5. The molecule has 1 aliphatic rings. The molecule has 0 spiro atoms. The highest BCUT2D eigenvalue weighted by molar-refractivity contribution is 5.79. The van der Waals surface area contributed by atoms with Gasteiger partial charge in [-0.1, -0.05) is 29.8 Å². The molecule has 4 heteroatoms. The minimum Gasteiger partial charge on any atom is -0.353 e. The number of amides is 1. The minimum atomic E-state index is 0.115. The van der Waals surface area contributed by atoms with Crippen LogP contribution in [0.15, 0.2) is 24.3 Å². The van der Waals surface area contributed by atoms with Crippen LogP contribution in [0, 0.1) is 20.8 Å². The molecule has 1 N–H and O–H groups in total. The Bertz CT molecular complexity index is 698. The fraction of sp³-hybridized carbons (Fsp3) is 0.444. The first kappa shape index (κ1) is 14.8. The van der Waals surface area contributed by atoms with Gasteiger partial charge in [0.05, 0.1) is 18.7 Å². The van der Waals surface area contributed by atoms with Gasteiger partial charge in [0.2, 0.25) is 5.91 Å². The van der Waals surface area contributed by atoms with Crippen molar-refractivity contribution in [2.45, 2.75) is 52.6 Å². The van der Waals surface area contributed by atoms with Crippen molar-refractivity contribution in [2.75, 3.05) is 0 Å². The third-order valence-corrected chi connectivity index (χ3v) is 4.23. The predicted molar refractivity (Wildman–Crippen MR) is 86.9 cm³/mol. The molecule has 4 nitrogen and oxygen atoms in total. The van der Waals surface area contributed by atoms with E-state index in [9.17, 15) is 4.79 Å². The van der Waals surface area contributed by atoms with Crippen molar-refractivity contribution in [1.29, 1.82) is 0 Å². The molecule has 0 saturated heterocycles. The van der Waals surface area contributed by atoms with Gasteiger partial charge in [-0.05, 0) is 39.2 Å². The first-order valence-corrected chi connectivity index (χ1v) is 7.90. The molecule has 1 amide bonds. The highest BCUT2D eigenvalue weighted by Crippen LogP contribution is 2.20. The number of aromatic nitrogens is 2. The first-order valence-electron chi connectivity index (χ1n) is 7.90. The molecule has 0 bridgehead atoms. The Hall–Kier alpha value is -2.10. The fourth-order valence-corrected chi connectivity index (χ4v) is 2.79. The van der Waals surface area contributed by atoms with Crippen LogP contribution in [0.3, 0.4) is 0 Å². The van der Waals surface area contributed by atoms with Crippen molar-refractivity contribution >= 4 is 5.91 Å². The molecule has 1 fully saturated rings. The number of nitrogens with one attached hydrogen (secondary N) is 1. The van der Waals surface area contributed by atoms with Gasteiger partial charge in [-0.2, -0.15) is 5.10 Å². The maximum Gasteiger partial charge on any atom is 0.224 e. The van der Waals surface area contributed by atoms with Crippen molar-refractivity contribution in [3.63, 3.8) is 0 Å². The Labute approximate surface area is 131 Å². The molecule has 0 radical (unpaired) electrons. The van der Waals surface area contributed by atoms with E-state index in [1.807, 2.05) is 11.6 Å². The molecule has 1 heterocycles. The second-order valence-corrected chi connectivity index (χ2v) is 6.31. The summed E-state index contributed by atoms with van der Waals surface area (Å²) in [5.41, 5.74) is 5.59. The summed E-state index contributed by atoms with van der Waals surface area (Å²) in [6.07, 6.45) is 2.68. The van der Waals surface area contributed by atoms with E-state index in [0.717, 1.165) is 36.3 Å². The molecule has 1 saturated carbocycles. The highest BCUT2D eigenvalue weighted by atomic mass is 16.1. The van der Waals surface area contributed by atoms with E-state index in [-0.39, 0.29) is 5.91 Å². The number of aryl methyl sites for hydroxylation is 2. The zero-order valence-electron chi connectivity index (χ0n) is 13.5. The molecular formula is C18H23N3O. The molecular weight excluding hydrogens is 274 g/mol. The lowest BCUT2D eigenvalue weighted by Gasteiger charge is -2.07. The van der Waals surface area contributed by atoms with Crippen molar-refractivity contribution in [2.24, 2.45) is 0 Å². The van der Waals surface area contributed by atoms with Gasteiger partial charge in [0, 0.05) is 17.3 Å². The van der Waals surface area contributed by atoms with Crippen LogP contribution in [0.25, 0.3) is 0 Å². The second-order valence-electron chi connectivity index (χ2n) is 6.31. The van der Waals surface area contributed by atoms with Crippen molar-refractivity contribution in [3.8, 4) is 0 Å². The Morgan fingerprint density at radius 3 is 2.77 bits per heavy atom. The van der Waals surface area contributed by atoms with Gasteiger partial charge in [-0.15, -0.1) is 0 Å². The van der Waals surface area contributed by atoms with E-state index in [1.165, 1.54) is 11.1 Å². The van der Waals surface area contributed by atoms with Crippen molar-refractivity contribution < 1.29 is 4.79 Å². The fourth-order valence-electron chi connectivity index (χ4n) is 2.79. The first-order chi connectivity index (χ1) is 10.5. The summed E-state index contributed by atoms with van der Waals surface area (Å²) in [4.78, 5) is 12.0. The summed E-state index contributed by atoms with van der Waals surface area (Å²) >= 11 is 0. The summed E-state index contributed by atoms with van der Waals surface area (Å²) < 4.78 is 2.00. The Morgan fingerprint density at radius 1 is 1.32 bits per heavy atom. The van der Waals surface area contributed by atoms with Crippen LogP contribution in [0.1, 0.15) is 40.9 Å². The minimum absolute atomic E-state index is 0.115. The van der Waals surface area contributed by atoms with Crippen LogP contribution in [-0.2, 0) is 17.8 Å². The third kappa shape index (κ3) is 3.38. The molecule has 0 unspecified atom stereocenters. The van der Waals surface area contributed by atoms with E-state index in [0.29, 0.717) is 12.5 Å². The van der Waals surface area contributed by atoms with E-state index < -0.39 is 0 Å². The maximum absolute atomic E-state index is 12.0. The second kappa shape index (κ2) is 5.95. The molecule has 3 rings (SSSR count). The van der Waals surface area contributed by atoms with E-state index in [4.69, 9.17) is 0 Å². The summed E-state index contributed by atoms with van der Waals surface area (Å²) in [5.74, 6) is 0.115. The lowest BCUT2D eigenvalue weighted by Crippen LogP contribution is -2.27. The maximum atomic E-state index is 12.0. The van der Waals surface area contributed by atoms with Gasteiger partial charge in [0.15, 0.2) is 0 Å². The van der Waals surface area contributed by atoms with Crippen LogP contribution in [0.5, 0.6) is 0 Å². The Kier molecular flexibility index (Phi) is 4.01. The number of benzene rings is 1. The monoisotopic (exact) mass is 297 g/mol. The molecule has 1 aromatic heterocycles. The Balaban J connectivity index is 1.75. The summed E-state index contributed by atoms with van der Waals surface area (Å²) in [5, 5.41) is 7.67. The topological polar surface area (TPSA) is 46.9 Å². The number of carbonyl (C=O) groups excluding carboxylic acids is 1. The Morgan fingerprint density at radius 2 is 2.09 bits per heavy atom.